The molecule has 1 aromatic rings. The van der Waals surface area contributed by atoms with Gasteiger partial charge in [-0.3, -0.25) is 9.00 Å². The molecule has 2 atom stereocenters. The van der Waals surface area contributed by atoms with Crippen LogP contribution < -0.4 is 0 Å². The van der Waals surface area contributed by atoms with Crippen LogP contribution in [0.4, 0.5) is 0 Å². The molecular formula is C9H9O3S-. The van der Waals surface area contributed by atoms with Crippen molar-refractivity contribution in [1.82, 2.24) is 0 Å². The Morgan fingerprint density at radius 2 is 1.92 bits per heavy atom. The summed E-state index contributed by atoms with van der Waals surface area (Å²) in [5.41, 5.74) is 0.430. The summed E-state index contributed by atoms with van der Waals surface area (Å²) in [6, 6.07) is 8.38. The minimum absolute atomic E-state index is 0.367. The van der Waals surface area contributed by atoms with Crippen molar-refractivity contribution in [2.75, 3.05) is 0 Å². The van der Waals surface area contributed by atoms with Crippen LogP contribution >= 0.6 is 0 Å². The molecule has 13 heavy (non-hydrogen) atoms. The Labute approximate surface area is 79.1 Å². The Balaban J connectivity index is 2.86. The largest absolute Gasteiger partial charge is 0.772 e. The van der Waals surface area contributed by atoms with Gasteiger partial charge in [-0.05, 0) is 18.0 Å². The quantitative estimate of drug-likeness (QED) is 0.539. The van der Waals surface area contributed by atoms with Crippen molar-refractivity contribution < 1.29 is 13.6 Å². The van der Waals surface area contributed by atoms with Gasteiger partial charge >= 0.3 is 0 Å². The summed E-state index contributed by atoms with van der Waals surface area (Å²) in [4.78, 5) is 11.4. The number of hydrogen-bond acceptors (Lipinski definition) is 3. The van der Waals surface area contributed by atoms with Gasteiger partial charge in [0.05, 0.1) is 5.25 Å². The minimum Gasteiger partial charge on any atom is -0.772 e. The highest BCUT2D eigenvalue weighted by Gasteiger charge is 2.14. The Bertz CT molecular complexity index is 321. The van der Waals surface area contributed by atoms with Gasteiger partial charge in [0, 0.05) is 5.56 Å². The monoisotopic (exact) mass is 197 g/mol. The van der Waals surface area contributed by atoms with Crippen molar-refractivity contribution in [2.24, 2.45) is 0 Å². The van der Waals surface area contributed by atoms with E-state index < -0.39 is 16.3 Å². The lowest BCUT2D eigenvalue weighted by Gasteiger charge is -2.12. The van der Waals surface area contributed by atoms with Crippen molar-refractivity contribution >= 4 is 16.9 Å². The predicted octanol–water partition coefficient (Wildman–Crippen LogP) is 1.14. The highest BCUT2D eigenvalue weighted by Crippen LogP contribution is 2.06. The lowest BCUT2D eigenvalue weighted by molar-refractivity contribution is 0.0991. The molecule has 3 nitrogen and oxygen atoms in total. The molecule has 0 amide bonds. The van der Waals surface area contributed by atoms with Crippen molar-refractivity contribution in [1.29, 1.82) is 0 Å². The van der Waals surface area contributed by atoms with Crippen LogP contribution in [0.15, 0.2) is 30.3 Å². The number of rotatable bonds is 3. The van der Waals surface area contributed by atoms with E-state index in [0.29, 0.717) is 5.56 Å². The van der Waals surface area contributed by atoms with Gasteiger partial charge < -0.3 is 4.55 Å². The number of hydrogen-bond donors (Lipinski definition) is 0. The number of Topliss-reactive ketones (excluding diaryl/α,β-unsaturated/α-hetero) is 1. The van der Waals surface area contributed by atoms with Crippen LogP contribution in [0.25, 0.3) is 0 Å². The fraction of sp³-hybridized carbons (Fsp3) is 0.222. The lowest BCUT2D eigenvalue weighted by Crippen LogP contribution is -2.22. The van der Waals surface area contributed by atoms with Crippen LogP contribution in [0.2, 0.25) is 0 Å². The smallest absolute Gasteiger partial charge is 0.176 e. The van der Waals surface area contributed by atoms with Crippen LogP contribution in [-0.2, 0) is 11.1 Å². The number of ketones is 1. The van der Waals surface area contributed by atoms with Gasteiger partial charge in [0.25, 0.3) is 0 Å². The van der Waals surface area contributed by atoms with E-state index in [1.54, 1.807) is 30.3 Å². The summed E-state index contributed by atoms with van der Waals surface area (Å²) in [7, 11) is 0. The molecule has 0 aromatic heterocycles. The van der Waals surface area contributed by atoms with Crippen LogP contribution in [0.3, 0.4) is 0 Å². The maximum absolute atomic E-state index is 11.4. The first kappa shape index (κ1) is 10.1. The second kappa shape index (κ2) is 4.30. The third-order valence-corrected chi connectivity index (χ3v) is 2.51. The molecule has 1 rings (SSSR count). The van der Waals surface area contributed by atoms with Crippen LogP contribution in [0.1, 0.15) is 17.3 Å². The summed E-state index contributed by atoms with van der Waals surface area (Å²) in [5.74, 6) is -0.367. The Morgan fingerprint density at radius 1 is 1.38 bits per heavy atom. The highest BCUT2D eigenvalue weighted by molar-refractivity contribution is 7.80. The molecule has 0 aliphatic carbocycles. The van der Waals surface area contributed by atoms with Gasteiger partial charge in [-0.1, -0.05) is 30.3 Å². The van der Waals surface area contributed by atoms with Crippen molar-refractivity contribution in [3.8, 4) is 0 Å². The normalized spacial score (nSPS) is 14.9. The number of carbonyl (C=O) groups is 1. The zero-order valence-electron chi connectivity index (χ0n) is 7.10. The lowest BCUT2D eigenvalue weighted by atomic mass is 10.1. The third-order valence-electron chi connectivity index (χ3n) is 1.72. The first-order chi connectivity index (χ1) is 6.13. The van der Waals surface area contributed by atoms with Gasteiger partial charge in [-0.2, -0.15) is 0 Å². The molecule has 0 heterocycles. The van der Waals surface area contributed by atoms with Crippen LogP contribution in [-0.4, -0.2) is 19.8 Å². The molecule has 0 saturated heterocycles. The number of carbonyl (C=O) groups excluding carboxylic acids is 1. The van der Waals surface area contributed by atoms with E-state index in [1.807, 2.05) is 0 Å². The SMILES string of the molecule is CC(C(=O)c1ccccc1)S(=O)[O-]. The molecule has 4 heteroatoms. The van der Waals surface area contributed by atoms with E-state index in [9.17, 15) is 13.6 Å². The maximum atomic E-state index is 11.4. The zero-order valence-corrected chi connectivity index (χ0v) is 7.91. The average Bonchev–Trinajstić information content (AvgIpc) is 2.17. The average molecular weight is 197 g/mol. The zero-order chi connectivity index (χ0) is 9.84. The molecule has 2 unspecified atom stereocenters. The second-order valence-corrected chi connectivity index (χ2v) is 3.86. The molecule has 0 aliphatic rings. The summed E-state index contributed by atoms with van der Waals surface area (Å²) in [6.07, 6.45) is 0. The Kier molecular flexibility index (Phi) is 3.33. The minimum atomic E-state index is -2.34. The van der Waals surface area contributed by atoms with Crippen molar-refractivity contribution in [2.45, 2.75) is 12.2 Å². The van der Waals surface area contributed by atoms with Gasteiger partial charge in [0.1, 0.15) is 0 Å². The fourth-order valence-electron chi connectivity index (χ4n) is 0.925. The second-order valence-electron chi connectivity index (χ2n) is 2.63. The standard InChI is InChI=1S/C9H10O3S/c1-7(13(11)12)9(10)8-5-3-2-4-6-8/h2-7H,1H3,(H,11,12)/p-1. The fourth-order valence-corrected chi connectivity index (χ4v) is 1.24. The first-order valence-corrected chi connectivity index (χ1v) is 4.94. The summed E-state index contributed by atoms with van der Waals surface area (Å²) in [5, 5.41) is -0.970. The molecular weight excluding hydrogens is 188 g/mol. The highest BCUT2D eigenvalue weighted by atomic mass is 32.2. The summed E-state index contributed by atoms with van der Waals surface area (Å²) < 4.78 is 21.0. The van der Waals surface area contributed by atoms with E-state index in [2.05, 4.69) is 0 Å². The van der Waals surface area contributed by atoms with Crippen molar-refractivity contribution in [3.63, 3.8) is 0 Å². The van der Waals surface area contributed by atoms with Gasteiger partial charge in [-0.25, -0.2) is 0 Å². The molecule has 1 aromatic carbocycles. The maximum Gasteiger partial charge on any atom is 0.176 e. The topological polar surface area (TPSA) is 57.2 Å². The molecule has 0 saturated carbocycles. The van der Waals surface area contributed by atoms with Gasteiger partial charge in [0.2, 0.25) is 0 Å². The Hall–Kier alpha value is -1.00. The van der Waals surface area contributed by atoms with E-state index >= 15 is 0 Å². The van der Waals surface area contributed by atoms with Crippen LogP contribution in [0.5, 0.6) is 0 Å². The van der Waals surface area contributed by atoms with Gasteiger partial charge in [0.15, 0.2) is 5.78 Å². The van der Waals surface area contributed by atoms with E-state index in [1.165, 1.54) is 6.92 Å². The van der Waals surface area contributed by atoms with E-state index in [-0.39, 0.29) is 5.78 Å². The molecule has 0 radical (unpaired) electrons. The van der Waals surface area contributed by atoms with Crippen molar-refractivity contribution in [3.05, 3.63) is 35.9 Å². The van der Waals surface area contributed by atoms with E-state index in [4.69, 9.17) is 0 Å². The van der Waals surface area contributed by atoms with Gasteiger partial charge in [-0.15, -0.1) is 0 Å². The molecule has 70 valence electrons. The molecule has 0 fully saturated rings. The van der Waals surface area contributed by atoms with Crippen LogP contribution in [0, 0.1) is 0 Å². The summed E-state index contributed by atoms with van der Waals surface area (Å²) >= 11 is -2.34. The Morgan fingerprint density at radius 3 is 2.38 bits per heavy atom. The molecule has 0 spiro atoms. The number of benzene rings is 1. The molecule has 0 bridgehead atoms. The predicted molar refractivity (Wildman–Crippen MR) is 49.2 cm³/mol. The first-order valence-electron chi connectivity index (χ1n) is 3.80. The summed E-state index contributed by atoms with van der Waals surface area (Å²) in [6.45, 7) is 1.37. The van der Waals surface area contributed by atoms with E-state index in [0.717, 1.165) is 0 Å². The molecule has 0 aliphatic heterocycles. The molecule has 0 N–H and O–H groups in total. The third kappa shape index (κ3) is 2.47.